The minimum atomic E-state index is -1.12. The van der Waals surface area contributed by atoms with Crippen LogP contribution in [0.4, 0.5) is 0 Å². The summed E-state index contributed by atoms with van der Waals surface area (Å²) in [5.41, 5.74) is 1.85. The fraction of sp³-hybridized carbons (Fsp3) is 0.235. The first-order chi connectivity index (χ1) is 10.2. The maximum Gasteiger partial charge on any atom is 0.171 e. The lowest BCUT2D eigenvalue weighted by Gasteiger charge is -2.44. The molecule has 0 aromatic heterocycles. The van der Waals surface area contributed by atoms with Crippen LogP contribution in [0.2, 0.25) is 5.02 Å². The number of aliphatic hydroxyl groups is 1. The first-order valence-corrected chi connectivity index (χ1v) is 7.46. The zero-order valence-corrected chi connectivity index (χ0v) is 12.2. The third-order valence-electron chi connectivity index (χ3n) is 4.29. The highest BCUT2D eigenvalue weighted by Gasteiger charge is 2.45. The molecule has 3 nitrogen and oxygen atoms in total. The zero-order chi connectivity index (χ0) is 14.4. The highest BCUT2D eigenvalue weighted by Crippen LogP contribution is 2.40. The van der Waals surface area contributed by atoms with Crippen molar-refractivity contribution in [2.45, 2.75) is 12.1 Å². The molecular weight excluding hydrogens is 284 g/mol. The molecule has 2 aromatic carbocycles. The van der Waals surface area contributed by atoms with Crippen LogP contribution in [0.5, 0.6) is 0 Å². The molecule has 0 unspecified atom stereocenters. The molecule has 0 amide bonds. The zero-order valence-electron chi connectivity index (χ0n) is 11.5. The Morgan fingerprint density at radius 2 is 1.86 bits per heavy atom. The van der Waals surface area contributed by atoms with Crippen LogP contribution in [-0.2, 0) is 12.1 Å². The Kier molecular flexibility index (Phi) is 2.81. The van der Waals surface area contributed by atoms with Crippen molar-refractivity contribution in [3.63, 3.8) is 0 Å². The highest BCUT2D eigenvalue weighted by molar-refractivity contribution is 6.31. The van der Waals surface area contributed by atoms with E-state index < -0.39 is 5.72 Å². The van der Waals surface area contributed by atoms with Gasteiger partial charge in [0.2, 0.25) is 0 Å². The van der Waals surface area contributed by atoms with Gasteiger partial charge in [-0.1, -0.05) is 54.1 Å². The van der Waals surface area contributed by atoms with E-state index in [-0.39, 0.29) is 0 Å². The van der Waals surface area contributed by atoms with E-state index in [0.717, 1.165) is 22.5 Å². The molecule has 2 aliphatic heterocycles. The predicted octanol–water partition coefficient (Wildman–Crippen LogP) is 2.80. The summed E-state index contributed by atoms with van der Waals surface area (Å²) in [4.78, 5) is 6.57. The van der Waals surface area contributed by atoms with Crippen molar-refractivity contribution in [3.8, 4) is 0 Å². The molecule has 0 fully saturated rings. The van der Waals surface area contributed by atoms with Gasteiger partial charge in [-0.3, -0.25) is 4.99 Å². The number of halogens is 1. The largest absolute Gasteiger partial charge is 0.366 e. The molecule has 2 heterocycles. The second-order valence-corrected chi connectivity index (χ2v) is 5.89. The van der Waals surface area contributed by atoms with E-state index in [1.807, 2.05) is 41.3 Å². The smallest absolute Gasteiger partial charge is 0.171 e. The van der Waals surface area contributed by atoms with Gasteiger partial charge in [0.15, 0.2) is 5.72 Å². The number of fused-ring (bicyclic) bond motifs is 3. The van der Waals surface area contributed by atoms with Crippen molar-refractivity contribution >= 4 is 17.4 Å². The average molecular weight is 299 g/mol. The van der Waals surface area contributed by atoms with Crippen LogP contribution in [0, 0.1) is 0 Å². The molecule has 4 heteroatoms. The molecule has 1 atom stereocenters. The van der Waals surface area contributed by atoms with Gasteiger partial charge in [-0.05, 0) is 11.6 Å². The molecule has 1 N–H and O–H groups in total. The van der Waals surface area contributed by atoms with E-state index >= 15 is 0 Å². The molecule has 106 valence electrons. The molecule has 2 aliphatic rings. The van der Waals surface area contributed by atoms with Crippen molar-refractivity contribution < 1.29 is 5.11 Å². The Hall–Kier alpha value is -1.84. The summed E-state index contributed by atoms with van der Waals surface area (Å²) in [6.07, 6.45) is 0.520. The molecule has 0 bridgehead atoms. The molecule has 21 heavy (non-hydrogen) atoms. The Morgan fingerprint density at radius 3 is 2.71 bits per heavy atom. The number of aliphatic imine (C=N–C) groups is 1. The Morgan fingerprint density at radius 1 is 1.10 bits per heavy atom. The first kappa shape index (κ1) is 12.9. The summed E-state index contributed by atoms with van der Waals surface area (Å²) in [5, 5.41) is 12.0. The SMILES string of the molecule is O[C@]1(c2ccccc2Cl)Cc2ccccc2C2=NCCN21. The predicted molar refractivity (Wildman–Crippen MR) is 83.6 cm³/mol. The minimum Gasteiger partial charge on any atom is -0.366 e. The van der Waals surface area contributed by atoms with Crippen molar-refractivity contribution in [1.82, 2.24) is 4.90 Å². The molecule has 4 rings (SSSR count). The fourth-order valence-electron chi connectivity index (χ4n) is 3.32. The fourth-order valence-corrected chi connectivity index (χ4v) is 3.61. The maximum absolute atomic E-state index is 11.4. The van der Waals surface area contributed by atoms with E-state index in [1.54, 1.807) is 0 Å². The molecule has 0 aliphatic carbocycles. The standard InChI is InChI=1S/C17H15ClN2O/c18-15-8-4-3-7-14(15)17(21)11-12-5-1-2-6-13(12)16-19-9-10-20(16)17/h1-8,21H,9-11H2/t17-/m0/s1. The summed E-state index contributed by atoms with van der Waals surface area (Å²) in [6, 6.07) is 15.6. The highest BCUT2D eigenvalue weighted by atomic mass is 35.5. The number of amidine groups is 1. The number of rotatable bonds is 1. The van der Waals surface area contributed by atoms with Crippen LogP contribution in [0.15, 0.2) is 53.5 Å². The first-order valence-electron chi connectivity index (χ1n) is 7.08. The van der Waals surface area contributed by atoms with Gasteiger partial charge in [-0.15, -0.1) is 0 Å². The second-order valence-electron chi connectivity index (χ2n) is 5.49. The number of hydrogen-bond acceptors (Lipinski definition) is 3. The second kappa shape index (κ2) is 4.58. The molecule has 0 radical (unpaired) electrons. The van der Waals surface area contributed by atoms with Crippen molar-refractivity contribution in [3.05, 3.63) is 70.2 Å². The van der Waals surface area contributed by atoms with Crippen molar-refractivity contribution in [1.29, 1.82) is 0 Å². The maximum atomic E-state index is 11.4. The Balaban J connectivity index is 1.92. The Bertz CT molecular complexity index is 743. The summed E-state index contributed by atoms with van der Waals surface area (Å²) in [5.74, 6) is 0.874. The number of hydrogen-bond donors (Lipinski definition) is 1. The topological polar surface area (TPSA) is 35.8 Å². The van der Waals surface area contributed by atoms with Gasteiger partial charge in [-0.25, -0.2) is 0 Å². The monoisotopic (exact) mass is 298 g/mol. The van der Waals surface area contributed by atoms with E-state index in [1.165, 1.54) is 0 Å². The normalized spacial score (nSPS) is 23.5. The van der Waals surface area contributed by atoms with Gasteiger partial charge >= 0.3 is 0 Å². The molecule has 0 saturated heterocycles. The van der Waals surface area contributed by atoms with Gasteiger partial charge < -0.3 is 10.0 Å². The van der Waals surface area contributed by atoms with Crippen LogP contribution in [-0.4, -0.2) is 28.9 Å². The van der Waals surface area contributed by atoms with Crippen LogP contribution in [0.1, 0.15) is 16.7 Å². The number of nitrogens with zero attached hydrogens (tertiary/aromatic N) is 2. The summed E-state index contributed by atoms with van der Waals surface area (Å²) < 4.78 is 0. The van der Waals surface area contributed by atoms with E-state index in [0.29, 0.717) is 24.5 Å². The van der Waals surface area contributed by atoms with E-state index in [9.17, 15) is 5.11 Å². The van der Waals surface area contributed by atoms with Gasteiger partial charge in [-0.2, -0.15) is 0 Å². The van der Waals surface area contributed by atoms with Crippen LogP contribution in [0.25, 0.3) is 0 Å². The average Bonchev–Trinajstić information content (AvgIpc) is 2.98. The van der Waals surface area contributed by atoms with E-state index in [2.05, 4.69) is 17.1 Å². The Labute approximate surface area is 128 Å². The van der Waals surface area contributed by atoms with Crippen molar-refractivity contribution in [2.75, 3.05) is 13.1 Å². The summed E-state index contributed by atoms with van der Waals surface area (Å²) in [7, 11) is 0. The van der Waals surface area contributed by atoms with Crippen molar-refractivity contribution in [2.24, 2.45) is 4.99 Å². The van der Waals surface area contributed by atoms with Gasteiger partial charge in [0.05, 0.1) is 6.54 Å². The van der Waals surface area contributed by atoms with Gasteiger partial charge in [0.25, 0.3) is 0 Å². The minimum absolute atomic E-state index is 0.520. The summed E-state index contributed by atoms with van der Waals surface area (Å²) in [6.45, 7) is 1.42. The third kappa shape index (κ3) is 1.81. The lowest BCUT2D eigenvalue weighted by atomic mass is 9.86. The lowest BCUT2D eigenvalue weighted by Crippen LogP contribution is -2.53. The quantitative estimate of drug-likeness (QED) is 0.879. The third-order valence-corrected chi connectivity index (χ3v) is 4.62. The lowest BCUT2D eigenvalue weighted by molar-refractivity contribution is -0.0744. The van der Waals surface area contributed by atoms with Gasteiger partial charge in [0, 0.05) is 29.1 Å². The molecule has 0 saturated carbocycles. The van der Waals surface area contributed by atoms with Crippen LogP contribution in [0.3, 0.4) is 0 Å². The molecular formula is C17H15ClN2O. The molecule has 2 aromatic rings. The van der Waals surface area contributed by atoms with E-state index in [4.69, 9.17) is 11.6 Å². The number of benzene rings is 2. The van der Waals surface area contributed by atoms with Crippen LogP contribution < -0.4 is 0 Å². The molecule has 0 spiro atoms. The van der Waals surface area contributed by atoms with Gasteiger partial charge in [0.1, 0.15) is 5.84 Å². The summed E-state index contributed by atoms with van der Waals surface area (Å²) >= 11 is 6.34. The van der Waals surface area contributed by atoms with Crippen LogP contribution >= 0.6 is 11.6 Å².